The lowest BCUT2D eigenvalue weighted by Crippen LogP contribution is -2.09. The molecule has 1 aromatic heterocycles. The lowest BCUT2D eigenvalue weighted by Gasteiger charge is -2.08. The smallest absolute Gasteiger partial charge is 0.340 e. The number of carbonyl (C=O) groups is 1. The van der Waals surface area contributed by atoms with E-state index in [2.05, 4.69) is 36.8 Å². The largest absolute Gasteiger partial charge is 0.465 e. The third-order valence-corrected chi connectivity index (χ3v) is 2.91. The van der Waals surface area contributed by atoms with Gasteiger partial charge in [0.1, 0.15) is 0 Å². The second-order valence-corrected chi connectivity index (χ2v) is 3.67. The predicted octanol–water partition coefficient (Wildman–Crippen LogP) is 2.66. The Bertz CT molecular complexity index is 319. The van der Waals surface area contributed by atoms with Gasteiger partial charge in [-0.05, 0) is 11.6 Å². The van der Waals surface area contributed by atoms with Crippen LogP contribution < -0.4 is 0 Å². The van der Waals surface area contributed by atoms with E-state index >= 15 is 0 Å². The fourth-order valence-corrected chi connectivity index (χ4v) is 2.01. The molecule has 0 saturated carbocycles. The van der Waals surface area contributed by atoms with Crippen molar-refractivity contribution in [2.24, 2.45) is 0 Å². The Hall–Kier alpha value is -0.420. The molecule has 1 rings (SSSR count). The number of halogens is 2. The molecule has 1 aromatic rings. The van der Waals surface area contributed by atoms with Crippen molar-refractivity contribution in [3.63, 3.8) is 0 Å². The molecule has 0 spiro atoms. The van der Waals surface area contributed by atoms with Crippen molar-refractivity contribution in [2.75, 3.05) is 7.11 Å². The van der Waals surface area contributed by atoms with Crippen LogP contribution in [0.5, 0.6) is 0 Å². The van der Waals surface area contributed by atoms with Crippen LogP contribution in [0.2, 0.25) is 0 Å². The summed E-state index contributed by atoms with van der Waals surface area (Å²) in [5.74, 6) is -0.345. The number of aromatic nitrogens is 1. The van der Waals surface area contributed by atoms with Crippen LogP contribution in [-0.2, 0) is 15.4 Å². The molecule has 0 N–H and O–H groups in total. The fourth-order valence-electron chi connectivity index (χ4n) is 1.11. The molecule has 0 aliphatic heterocycles. The lowest BCUT2D eigenvalue weighted by atomic mass is 10.1. The second kappa shape index (κ2) is 5.46. The average molecular weight is 323 g/mol. The fraction of sp³-hybridized carbons (Fsp3) is 0.333. The van der Waals surface area contributed by atoms with Gasteiger partial charge in [-0.2, -0.15) is 0 Å². The average Bonchev–Trinajstić information content (AvgIpc) is 2.26. The number of nitrogens with zero attached hydrogens (tertiary/aromatic N) is 1. The monoisotopic (exact) mass is 321 g/mol. The summed E-state index contributed by atoms with van der Waals surface area (Å²) in [6.07, 6.45) is 1.68. The van der Waals surface area contributed by atoms with Crippen molar-refractivity contribution in [2.45, 2.75) is 10.7 Å². The number of pyridine rings is 1. The van der Waals surface area contributed by atoms with Gasteiger partial charge in [-0.1, -0.05) is 31.9 Å². The molecule has 0 amide bonds. The molecular formula is C9H9Br2NO2. The maximum atomic E-state index is 11.5. The molecule has 1 heterocycles. The van der Waals surface area contributed by atoms with E-state index in [-0.39, 0.29) is 5.97 Å². The number of rotatable bonds is 3. The van der Waals surface area contributed by atoms with Crippen LogP contribution in [0.1, 0.15) is 21.6 Å². The first kappa shape index (κ1) is 11.7. The van der Waals surface area contributed by atoms with Crippen molar-refractivity contribution >= 4 is 37.8 Å². The predicted molar refractivity (Wildman–Crippen MR) is 60.8 cm³/mol. The van der Waals surface area contributed by atoms with Crippen LogP contribution in [0, 0.1) is 0 Å². The maximum Gasteiger partial charge on any atom is 0.340 e. The van der Waals surface area contributed by atoms with Gasteiger partial charge in [0.2, 0.25) is 0 Å². The molecule has 0 radical (unpaired) electrons. The molecule has 0 aliphatic rings. The Kier molecular flexibility index (Phi) is 4.54. The van der Waals surface area contributed by atoms with Crippen molar-refractivity contribution in [3.05, 3.63) is 29.1 Å². The first-order chi connectivity index (χ1) is 6.74. The number of hydrogen-bond donors (Lipinski definition) is 0. The van der Waals surface area contributed by atoms with E-state index in [0.29, 0.717) is 21.9 Å². The summed E-state index contributed by atoms with van der Waals surface area (Å²) >= 11 is 6.60. The Morgan fingerprint density at radius 3 is 2.71 bits per heavy atom. The third kappa shape index (κ3) is 2.33. The molecular weight excluding hydrogens is 314 g/mol. The summed E-state index contributed by atoms with van der Waals surface area (Å²) in [5.41, 5.74) is 2.14. The van der Waals surface area contributed by atoms with Gasteiger partial charge in [0.05, 0.1) is 18.4 Å². The summed E-state index contributed by atoms with van der Waals surface area (Å²) in [6.45, 7) is 0. The van der Waals surface area contributed by atoms with Gasteiger partial charge >= 0.3 is 5.97 Å². The lowest BCUT2D eigenvalue weighted by molar-refractivity contribution is 0.0598. The minimum atomic E-state index is -0.345. The summed E-state index contributed by atoms with van der Waals surface area (Å²) < 4.78 is 4.70. The van der Waals surface area contributed by atoms with Crippen molar-refractivity contribution in [1.82, 2.24) is 4.98 Å². The van der Waals surface area contributed by atoms with Gasteiger partial charge in [0.25, 0.3) is 0 Å². The zero-order valence-electron chi connectivity index (χ0n) is 7.59. The van der Waals surface area contributed by atoms with Crippen molar-refractivity contribution in [1.29, 1.82) is 0 Å². The molecule has 5 heteroatoms. The molecule has 0 atom stereocenters. The highest BCUT2D eigenvalue weighted by Crippen LogP contribution is 2.18. The van der Waals surface area contributed by atoms with E-state index in [9.17, 15) is 4.79 Å². The number of esters is 1. The van der Waals surface area contributed by atoms with Gasteiger partial charge in [0.15, 0.2) is 0 Å². The molecule has 3 nitrogen and oxygen atoms in total. The molecule has 76 valence electrons. The molecule has 14 heavy (non-hydrogen) atoms. The maximum absolute atomic E-state index is 11.5. The first-order valence-electron chi connectivity index (χ1n) is 3.91. The summed E-state index contributed by atoms with van der Waals surface area (Å²) in [5, 5.41) is 1.15. The SMILES string of the molecule is COC(=O)c1c(CBr)ccnc1CBr. The minimum absolute atomic E-state index is 0.345. The highest BCUT2D eigenvalue weighted by atomic mass is 79.9. The number of alkyl halides is 2. The Labute approximate surface area is 99.1 Å². The quantitative estimate of drug-likeness (QED) is 0.634. The van der Waals surface area contributed by atoms with Crippen LogP contribution >= 0.6 is 31.9 Å². The van der Waals surface area contributed by atoms with Crippen molar-refractivity contribution < 1.29 is 9.53 Å². The molecule has 0 fully saturated rings. The number of ether oxygens (including phenoxy) is 1. The van der Waals surface area contributed by atoms with Crippen LogP contribution in [0.3, 0.4) is 0 Å². The summed E-state index contributed by atoms with van der Waals surface area (Å²) in [7, 11) is 1.37. The third-order valence-electron chi connectivity index (χ3n) is 1.78. The van der Waals surface area contributed by atoms with Crippen molar-refractivity contribution in [3.8, 4) is 0 Å². The van der Waals surface area contributed by atoms with Gasteiger partial charge in [-0.3, -0.25) is 4.98 Å². The number of carbonyl (C=O) groups excluding carboxylic acids is 1. The second-order valence-electron chi connectivity index (χ2n) is 2.55. The van der Waals surface area contributed by atoms with E-state index in [1.54, 1.807) is 12.3 Å². The molecule has 0 unspecified atom stereocenters. The topological polar surface area (TPSA) is 39.2 Å². The Balaban J connectivity index is 3.25. The van der Waals surface area contributed by atoms with Crippen LogP contribution in [0.4, 0.5) is 0 Å². The van der Waals surface area contributed by atoms with E-state index in [0.717, 1.165) is 5.56 Å². The van der Waals surface area contributed by atoms with E-state index in [1.807, 2.05) is 0 Å². The van der Waals surface area contributed by atoms with Gasteiger partial charge < -0.3 is 4.74 Å². The molecule has 0 aromatic carbocycles. The Morgan fingerprint density at radius 1 is 1.50 bits per heavy atom. The normalized spacial score (nSPS) is 9.93. The standard InChI is InChI=1S/C9H9Br2NO2/c1-14-9(13)8-6(4-10)2-3-12-7(8)5-11/h2-3H,4-5H2,1H3. The number of methoxy groups -OCH3 is 1. The summed E-state index contributed by atoms with van der Waals surface area (Å²) in [6, 6.07) is 1.80. The van der Waals surface area contributed by atoms with E-state index < -0.39 is 0 Å². The van der Waals surface area contributed by atoms with E-state index in [4.69, 9.17) is 4.74 Å². The van der Waals surface area contributed by atoms with Gasteiger partial charge in [0, 0.05) is 16.9 Å². The molecule has 0 bridgehead atoms. The molecule has 0 saturated heterocycles. The summed E-state index contributed by atoms with van der Waals surface area (Å²) in [4.78, 5) is 15.6. The molecule has 0 aliphatic carbocycles. The van der Waals surface area contributed by atoms with Gasteiger partial charge in [-0.25, -0.2) is 4.79 Å². The number of hydrogen-bond acceptors (Lipinski definition) is 3. The van der Waals surface area contributed by atoms with Crippen LogP contribution in [0.25, 0.3) is 0 Å². The minimum Gasteiger partial charge on any atom is -0.465 e. The first-order valence-corrected chi connectivity index (χ1v) is 6.15. The Morgan fingerprint density at radius 2 is 2.21 bits per heavy atom. The van der Waals surface area contributed by atoms with E-state index in [1.165, 1.54) is 7.11 Å². The highest BCUT2D eigenvalue weighted by Gasteiger charge is 2.16. The zero-order chi connectivity index (χ0) is 10.6. The van der Waals surface area contributed by atoms with Crippen LogP contribution in [0.15, 0.2) is 12.3 Å². The van der Waals surface area contributed by atoms with Gasteiger partial charge in [-0.15, -0.1) is 0 Å². The van der Waals surface area contributed by atoms with Crippen LogP contribution in [-0.4, -0.2) is 18.1 Å². The zero-order valence-corrected chi connectivity index (χ0v) is 10.8. The highest BCUT2D eigenvalue weighted by molar-refractivity contribution is 9.08.